The van der Waals surface area contributed by atoms with Crippen LogP contribution in [-0.2, 0) is 0 Å². The number of aromatic nitrogens is 1. The van der Waals surface area contributed by atoms with E-state index in [1.165, 1.54) is 5.69 Å². The van der Waals surface area contributed by atoms with E-state index in [9.17, 15) is 0 Å². The molecule has 22 heavy (non-hydrogen) atoms. The van der Waals surface area contributed by atoms with Gasteiger partial charge in [0.05, 0.1) is 5.69 Å². The number of hydrogen-bond donors (Lipinski definition) is 2. The van der Waals surface area contributed by atoms with Crippen molar-refractivity contribution in [1.82, 2.24) is 9.88 Å². The molecule has 1 aromatic heterocycles. The van der Waals surface area contributed by atoms with Crippen LogP contribution in [0.15, 0.2) is 36.5 Å². The van der Waals surface area contributed by atoms with Crippen LogP contribution in [0.25, 0.3) is 0 Å². The number of nitrogens with two attached hydrogens (primary N) is 1. The lowest BCUT2D eigenvalue weighted by Gasteiger charge is -2.34. The van der Waals surface area contributed by atoms with Crippen molar-refractivity contribution >= 4 is 22.9 Å². The molecule has 0 bridgehead atoms. The minimum Gasteiger partial charge on any atom is -0.396 e. The number of pyridine rings is 1. The number of rotatable bonds is 3. The third-order valence-corrected chi connectivity index (χ3v) is 4.21. The summed E-state index contributed by atoms with van der Waals surface area (Å²) in [5.41, 5.74) is 10.1. The van der Waals surface area contributed by atoms with Crippen molar-refractivity contribution in [1.29, 1.82) is 0 Å². The predicted molar refractivity (Wildman–Crippen MR) is 92.8 cm³/mol. The Bertz CT molecular complexity index is 630. The van der Waals surface area contributed by atoms with E-state index in [0.29, 0.717) is 11.5 Å². The maximum atomic E-state index is 6.05. The largest absolute Gasteiger partial charge is 0.396 e. The van der Waals surface area contributed by atoms with Crippen molar-refractivity contribution in [3.05, 3.63) is 42.1 Å². The molecule has 0 aliphatic carbocycles. The molecule has 116 valence electrons. The van der Waals surface area contributed by atoms with Gasteiger partial charge in [-0.1, -0.05) is 0 Å². The number of nitrogens with zero attached hydrogens (tertiary/aromatic N) is 3. The monoisotopic (exact) mass is 297 g/mol. The van der Waals surface area contributed by atoms with Crippen LogP contribution in [0.2, 0.25) is 0 Å². The molecule has 1 aliphatic rings. The van der Waals surface area contributed by atoms with E-state index in [1.54, 1.807) is 6.20 Å². The first-order chi connectivity index (χ1) is 10.6. The average molecular weight is 297 g/mol. The van der Waals surface area contributed by atoms with Gasteiger partial charge in [-0.3, -0.25) is 0 Å². The molecule has 5 heteroatoms. The van der Waals surface area contributed by atoms with Crippen molar-refractivity contribution in [3.8, 4) is 0 Å². The van der Waals surface area contributed by atoms with E-state index in [2.05, 4.69) is 51.4 Å². The van der Waals surface area contributed by atoms with Crippen LogP contribution in [0.1, 0.15) is 5.56 Å². The minimum absolute atomic E-state index is 0.700. The van der Waals surface area contributed by atoms with Gasteiger partial charge >= 0.3 is 0 Å². The van der Waals surface area contributed by atoms with E-state index < -0.39 is 0 Å². The topological polar surface area (TPSA) is 57.4 Å². The normalized spacial score (nSPS) is 15.8. The van der Waals surface area contributed by atoms with Crippen LogP contribution < -0.4 is 16.0 Å². The Morgan fingerprint density at radius 2 is 1.73 bits per heavy atom. The summed E-state index contributed by atoms with van der Waals surface area (Å²) < 4.78 is 0. The van der Waals surface area contributed by atoms with E-state index >= 15 is 0 Å². The molecule has 0 amide bonds. The average Bonchev–Trinajstić information content (AvgIpc) is 2.53. The molecule has 5 nitrogen and oxygen atoms in total. The zero-order valence-electron chi connectivity index (χ0n) is 13.2. The van der Waals surface area contributed by atoms with Gasteiger partial charge in [-0.15, -0.1) is 0 Å². The maximum Gasteiger partial charge on any atom is 0.153 e. The Labute approximate surface area is 131 Å². The van der Waals surface area contributed by atoms with Gasteiger partial charge in [0.2, 0.25) is 0 Å². The van der Waals surface area contributed by atoms with Crippen molar-refractivity contribution in [2.24, 2.45) is 0 Å². The smallest absolute Gasteiger partial charge is 0.153 e. The zero-order chi connectivity index (χ0) is 15.5. The maximum absolute atomic E-state index is 6.05. The third-order valence-electron chi connectivity index (χ3n) is 4.21. The summed E-state index contributed by atoms with van der Waals surface area (Å²) in [7, 11) is 2.17. The fourth-order valence-electron chi connectivity index (χ4n) is 2.63. The Balaban J connectivity index is 1.70. The second kappa shape index (κ2) is 6.23. The highest BCUT2D eigenvalue weighted by atomic mass is 15.2. The summed E-state index contributed by atoms with van der Waals surface area (Å²) in [5, 5.41) is 3.29. The van der Waals surface area contributed by atoms with Crippen LogP contribution in [0.4, 0.5) is 22.9 Å². The molecule has 0 unspecified atom stereocenters. The first-order valence-electron chi connectivity index (χ1n) is 7.65. The molecular weight excluding hydrogens is 274 g/mol. The Morgan fingerprint density at radius 1 is 1.05 bits per heavy atom. The number of benzene rings is 1. The highest BCUT2D eigenvalue weighted by molar-refractivity contribution is 5.71. The van der Waals surface area contributed by atoms with Gasteiger partial charge in [-0.05, 0) is 49.9 Å². The molecular formula is C17H23N5. The standard InChI is InChI=1S/C17H23N5/c1-13-7-8-19-17(16(13)18)20-14-3-5-15(6-4-14)22-11-9-21(2)10-12-22/h3-8H,9-12,18H2,1-2H3,(H,19,20). The van der Waals surface area contributed by atoms with Crippen molar-refractivity contribution < 1.29 is 0 Å². The highest BCUT2D eigenvalue weighted by Gasteiger charge is 2.14. The SMILES string of the molecule is Cc1ccnc(Nc2ccc(N3CCN(C)CC3)cc2)c1N. The second-order valence-electron chi connectivity index (χ2n) is 5.85. The Kier molecular flexibility index (Phi) is 4.15. The first kappa shape index (κ1) is 14.7. The van der Waals surface area contributed by atoms with Crippen LogP contribution in [0.3, 0.4) is 0 Å². The molecule has 3 N–H and O–H groups in total. The molecule has 0 atom stereocenters. The van der Waals surface area contributed by atoms with E-state index in [4.69, 9.17) is 5.73 Å². The molecule has 1 aliphatic heterocycles. The van der Waals surface area contributed by atoms with Crippen molar-refractivity contribution in [2.45, 2.75) is 6.92 Å². The predicted octanol–water partition coefficient (Wildman–Crippen LogP) is 2.47. The molecule has 1 saturated heterocycles. The van der Waals surface area contributed by atoms with E-state index in [0.717, 1.165) is 37.4 Å². The first-order valence-corrected chi connectivity index (χ1v) is 7.65. The number of piperazine rings is 1. The van der Waals surface area contributed by atoms with Crippen LogP contribution in [-0.4, -0.2) is 43.1 Å². The Hall–Kier alpha value is -2.27. The van der Waals surface area contributed by atoms with Crippen LogP contribution >= 0.6 is 0 Å². The number of hydrogen-bond acceptors (Lipinski definition) is 5. The summed E-state index contributed by atoms with van der Waals surface area (Å²) in [4.78, 5) is 9.08. The van der Waals surface area contributed by atoms with Gasteiger partial charge in [-0.2, -0.15) is 0 Å². The number of aryl methyl sites for hydroxylation is 1. The number of anilines is 4. The van der Waals surface area contributed by atoms with Gasteiger partial charge in [0, 0.05) is 43.8 Å². The minimum atomic E-state index is 0.700. The number of likely N-dealkylation sites (N-methyl/N-ethyl adjacent to an activating group) is 1. The summed E-state index contributed by atoms with van der Waals surface area (Å²) in [6, 6.07) is 10.4. The number of nitrogens with one attached hydrogen (secondary N) is 1. The molecule has 2 heterocycles. The van der Waals surface area contributed by atoms with Gasteiger partial charge in [0.15, 0.2) is 5.82 Å². The third kappa shape index (κ3) is 3.14. The van der Waals surface area contributed by atoms with Crippen LogP contribution in [0, 0.1) is 6.92 Å². The van der Waals surface area contributed by atoms with Gasteiger partial charge < -0.3 is 20.9 Å². The molecule has 1 aromatic carbocycles. The quantitative estimate of drug-likeness (QED) is 0.911. The Morgan fingerprint density at radius 3 is 2.41 bits per heavy atom. The molecule has 0 spiro atoms. The molecule has 0 saturated carbocycles. The number of nitrogen functional groups attached to an aromatic ring is 1. The molecule has 0 radical (unpaired) electrons. The lowest BCUT2D eigenvalue weighted by molar-refractivity contribution is 0.313. The fraction of sp³-hybridized carbons (Fsp3) is 0.353. The summed E-state index contributed by atoms with van der Waals surface area (Å²) >= 11 is 0. The fourth-order valence-corrected chi connectivity index (χ4v) is 2.63. The summed E-state index contributed by atoms with van der Waals surface area (Å²) in [5.74, 6) is 0.715. The molecule has 1 fully saturated rings. The van der Waals surface area contributed by atoms with Crippen LogP contribution in [0.5, 0.6) is 0 Å². The van der Waals surface area contributed by atoms with Gasteiger partial charge in [-0.25, -0.2) is 4.98 Å². The van der Waals surface area contributed by atoms with Gasteiger partial charge in [0.25, 0.3) is 0 Å². The zero-order valence-corrected chi connectivity index (χ0v) is 13.2. The summed E-state index contributed by atoms with van der Waals surface area (Å²) in [6.45, 7) is 6.37. The van der Waals surface area contributed by atoms with Gasteiger partial charge in [0.1, 0.15) is 0 Å². The van der Waals surface area contributed by atoms with E-state index in [-0.39, 0.29) is 0 Å². The van der Waals surface area contributed by atoms with Crippen molar-refractivity contribution in [2.75, 3.05) is 49.2 Å². The van der Waals surface area contributed by atoms with E-state index in [1.807, 2.05) is 13.0 Å². The molecule has 2 aromatic rings. The lowest BCUT2D eigenvalue weighted by Crippen LogP contribution is -2.44. The summed E-state index contributed by atoms with van der Waals surface area (Å²) in [6.07, 6.45) is 1.77. The lowest BCUT2D eigenvalue weighted by atomic mass is 10.2. The van der Waals surface area contributed by atoms with Crippen molar-refractivity contribution in [3.63, 3.8) is 0 Å². The molecule has 3 rings (SSSR count). The highest BCUT2D eigenvalue weighted by Crippen LogP contribution is 2.25. The second-order valence-corrected chi connectivity index (χ2v) is 5.85.